The zero-order chi connectivity index (χ0) is 6.53. The molecule has 0 saturated carbocycles. The van der Waals surface area contributed by atoms with E-state index < -0.39 is 0 Å². The van der Waals surface area contributed by atoms with Gasteiger partial charge in [-0.25, -0.2) is 10.5 Å². The van der Waals surface area contributed by atoms with E-state index in [1.54, 1.807) is 13.2 Å². The van der Waals surface area contributed by atoms with Crippen LogP contribution in [0.3, 0.4) is 0 Å². The molecule has 0 aromatic carbocycles. The minimum Gasteiger partial charge on any atom is -0.446 e. The van der Waals surface area contributed by atoms with Gasteiger partial charge in [-0.2, -0.15) is 0 Å². The third kappa shape index (κ3) is 1.83. The molecule has 1 aromatic rings. The molecule has 4 nitrogen and oxygen atoms in total. The average Bonchev–Trinajstić information content (AvgIpc) is 2.34. The third-order valence-corrected chi connectivity index (χ3v) is 0.842. The van der Waals surface area contributed by atoms with E-state index in [0.717, 1.165) is 0 Å². The van der Waals surface area contributed by atoms with Gasteiger partial charge in [-0.1, -0.05) is 0 Å². The Labute approximate surface area is 52.8 Å². The SMILES string of the molecule is CNOCc1cnco1. The molecule has 0 unspecified atom stereocenters. The number of oxazole rings is 1. The van der Waals surface area contributed by atoms with Gasteiger partial charge in [-0.15, -0.1) is 0 Å². The predicted octanol–water partition coefficient (Wildman–Crippen LogP) is 0.326. The van der Waals surface area contributed by atoms with Crippen molar-refractivity contribution in [3.05, 3.63) is 18.4 Å². The Hall–Kier alpha value is -0.870. The minimum absolute atomic E-state index is 0.413. The molecule has 0 aliphatic rings. The summed E-state index contributed by atoms with van der Waals surface area (Å²) in [6.45, 7) is 0.413. The van der Waals surface area contributed by atoms with E-state index in [9.17, 15) is 0 Å². The number of nitrogens with one attached hydrogen (secondary N) is 1. The molecule has 0 radical (unpaired) electrons. The number of hydrogen-bond donors (Lipinski definition) is 1. The Morgan fingerprint density at radius 1 is 1.89 bits per heavy atom. The van der Waals surface area contributed by atoms with E-state index in [0.29, 0.717) is 12.4 Å². The number of hydrogen-bond acceptors (Lipinski definition) is 4. The largest absolute Gasteiger partial charge is 0.446 e. The van der Waals surface area contributed by atoms with Crippen molar-refractivity contribution in [2.24, 2.45) is 0 Å². The van der Waals surface area contributed by atoms with Gasteiger partial charge in [0.15, 0.2) is 12.2 Å². The van der Waals surface area contributed by atoms with Gasteiger partial charge in [-0.3, -0.25) is 4.84 Å². The van der Waals surface area contributed by atoms with Gasteiger partial charge >= 0.3 is 0 Å². The summed E-state index contributed by atoms with van der Waals surface area (Å²) in [5.74, 6) is 0.712. The maximum absolute atomic E-state index is 4.86. The van der Waals surface area contributed by atoms with Crippen LogP contribution < -0.4 is 5.48 Å². The molecular formula is C5H8N2O2. The molecule has 1 aromatic heterocycles. The van der Waals surface area contributed by atoms with E-state index >= 15 is 0 Å². The number of hydroxylamine groups is 1. The summed E-state index contributed by atoms with van der Waals surface area (Å²) in [5, 5.41) is 0. The number of nitrogens with zero attached hydrogens (tertiary/aromatic N) is 1. The molecular weight excluding hydrogens is 120 g/mol. The number of aromatic nitrogens is 1. The maximum atomic E-state index is 4.86. The summed E-state index contributed by atoms with van der Waals surface area (Å²) in [6, 6.07) is 0. The molecule has 0 fully saturated rings. The lowest BCUT2D eigenvalue weighted by Crippen LogP contribution is -2.05. The molecule has 0 spiro atoms. The molecule has 0 amide bonds. The highest BCUT2D eigenvalue weighted by atomic mass is 16.6. The van der Waals surface area contributed by atoms with Gasteiger partial charge < -0.3 is 4.42 Å². The molecule has 9 heavy (non-hydrogen) atoms. The Morgan fingerprint density at radius 3 is 3.33 bits per heavy atom. The Bertz CT molecular complexity index is 150. The number of rotatable bonds is 3. The van der Waals surface area contributed by atoms with Crippen LogP contribution in [0.4, 0.5) is 0 Å². The lowest BCUT2D eigenvalue weighted by atomic mass is 10.6. The molecule has 0 aliphatic heterocycles. The normalized spacial score (nSPS) is 9.89. The Morgan fingerprint density at radius 2 is 2.78 bits per heavy atom. The molecule has 1 rings (SSSR count). The van der Waals surface area contributed by atoms with Crippen LogP contribution >= 0.6 is 0 Å². The highest BCUT2D eigenvalue weighted by Crippen LogP contribution is 1.95. The third-order valence-electron chi connectivity index (χ3n) is 0.842. The van der Waals surface area contributed by atoms with Gasteiger partial charge in [0.1, 0.15) is 6.61 Å². The molecule has 0 atom stereocenters. The lowest BCUT2D eigenvalue weighted by Gasteiger charge is -1.94. The van der Waals surface area contributed by atoms with Crippen LogP contribution in [0.5, 0.6) is 0 Å². The van der Waals surface area contributed by atoms with Crippen molar-refractivity contribution in [3.63, 3.8) is 0 Å². The standard InChI is InChI=1S/C5H8N2O2/c1-6-9-3-5-2-7-4-8-5/h2,4,6H,3H2,1H3. The molecule has 0 aliphatic carbocycles. The topological polar surface area (TPSA) is 47.3 Å². The first kappa shape index (κ1) is 6.25. The Balaban J connectivity index is 2.30. The second-order valence-electron chi connectivity index (χ2n) is 1.46. The van der Waals surface area contributed by atoms with Crippen molar-refractivity contribution in [1.82, 2.24) is 10.5 Å². The van der Waals surface area contributed by atoms with Crippen molar-refractivity contribution in [2.45, 2.75) is 6.61 Å². The molecule has 0 bridgehead atoms. The first-order valence-electron chi connectivity index (χ1n) is 2.59. The lowest BCUT2D eigenvalue weighted by molar-refractivity contribution is 0.0340. The monoisotopic (exact) mass is 128 g/mol. The van der Waals surface area contributed by atoms with E-state index in [2.05, 4.69) is 10.5 Å². The fourth-order valence-electron chi connectivity index (χ4n) is 0.457. The van der Waals surface area contributed by atoms with E-state index in [1.165, 1.54) is 6.39 Å². The van der Waals surface area contributed by atoms with Crippen LogP contribution in [0.2, 0.25) is 0 Å². The van der Waals surface area contributed by atoms with Crippen LogP contribution in [0.15, 0.2) is 17.0 Å². The second kappa shape index (κ2) is 3.21. The van der Waals surface area contributed by atoms with E-state index in [4.69, 9.17) is 9.25 Å². The van der Waals surface area contributed by atoms with Crippen LogP contribution in [0.25, 0.3) is 0 Å². The van der Waals surface area contributed by atoms with Crippen molar-refractivity contribution < 1.29 is 9.25 Å². The van der Waals surface area contributed by atoms with Gasteiger partial charge in [0.2, 0.25) is 0 Å². The summed E-state index contributed by atoms with van der Waals surface area (Å²) in [7, 11) is 1.69. The highest BCUT2D eigenvalue weighted by molar-refractivity contribution is 4.84. The second-order valence-corrected chi connectivity index (χ2v) is 1.46. The molecule has 50 valence electrons. The quantitative estimate of drug-likeness (QED) is 0.596. The van der Waals surface area contributed by atoms with Crippen molar-refractivity contribution in [3.8, 4) is 0 Å². The van der Waals surface area contributed by atoms with Gasteiger partial charge in [0, 0.05) is 7.05 Å². The van der Waals surface area contributed by atoms with E-state index in [1.807, 2.05) is 0 Å². The molecule has 1 N–H and O–H groups in total. The Kier molecular flexibility index (Phi) is 2.23. The zero-order valence-electron chi connectivity index (χ0n) is 5.13. The van der Waals surface area contributed by atoms with E-state index in [-0.39, 0.29) is 0 Å². The summed E-state index contributed by atoms with van der Waals surface area (Å²) >= 11 is 0. The fraction of sp³-hybridized carbons (Fsp3) is 0.400. The summed E-state index contributed by atoms with van der Waals surface area (Å²) in [4.78, 5) is 8.49. The van der Waals surface area contributed by atoms with Crippen LogP contribution in [-0.2, 0) is 11.4 Å². The summed E-state index contributed by atoms with van der Waals surface area (Å²) in [6.07, 6.45) is 2.98. The van der Waals surface area contributed by atoms with Gasteiger partial charge in [-0.05, 0) is 0 Å². The smallest absolute Gasteiger partial charge is 0.180 e. The van der Waals surface area contributed by atoms with Crippen LogP contribution in [0.1, 0.15) is 5.76 Å². The maximum Gasteiger partial charge on any atom is 0.180 e. The average molecular weight is 128 g/mol. The van der Waals surface area contributed by atoms with Crippen molar-refractivity contribution in [1.29, 1.82) is 0 Å². The molecule has 0 saturated heterocycles. The van der Waals surface area contributed by atoms with Crippen molar-refractivity contribution >= 4 is 0 Å². The minimum atomic E-state index is 0.413. The predicted molar refractivity (Wildman–Crippen MR) is 30.4 cm³/mol. The molecule has 1 heterocycles. The first-order valence-corrected chi connectivity index (χ1v) is 2.59. The van der Waals surface area contributed by atoms with Crippen LogP contribution in [0, 0.1) is 0 Å². The van der Waals surface area contributed by atoms with Crippen molar-refractivity contribution in [2.75, 3.05) is 7.05 Å². The summed E-state index contributed by atoms with van der Waals surface area (Å²) in [5.41, 5.74) is 2.52. The highest BCUT2D eigenvalue weighted by Gasteiger charge is 1.92. The van der Waals surface area contributed by atoms with Gasteiger partial charge in [0.25, 0.3) is 0 Å². The first-order chi connectivity index (χ1) is 4.43. The van der Waals surface area contributed by atoms with Crippen LogP contribution in [-0.4, -0.2) is 12.0 Å². The fourth-order valence-corrected chi connectivity index (χ4v) is 0.457. The molecule has 4 heteroatoms. The van der Waals surface area contributed by atoms with Gasteiger partial charge in [0.05, 0.1) is 6.20 Å². The zero-order valence-corrected chi connectivity index (χ0v) is 5.13. The summed E-state index contributed by atoms with van der Waals surface area (Å²) < 4.78 is 4.86.